The van der Waals surface area contributed by atoms with Crippen molar-refractivity contribution in [3.05, 3.63) is 29.3 Å². The Morgan fingerprint density at radius 2 is 2.27 bits per heavy atom. The van der Waals surface area contributed by atoms with Crippen molar-refractivity contribution in [1.29, 1.82) is 0 Å². The Kier molecular flexibility index (Phi) is 2.51. The summed E-state index contributed by atoms with van der Waals surface area (Å²) in [5, 5.41) is 4.13. The normalized spacial score (nSPS) is 10.3. The van der Waals surface area contributed by atoms with Gasteiger partial charge in [-0.3, -0.25) is 0 Å². The van der Waals surface area contributed by atoms with Crippen LogP contribution in [-0.4, -0.2) is 12.3 Å². The van der Waals surface area contributed by atoms with E-state index in [1.165, 1.54) is 0 Å². The predicted molar refractivity (Wildman–Crippen MR) is 57.9 cm³/mol. The monoisotopic (exact) mass is 224 g/mol. The molecule has 4 nitrogen and oxygen atoms in total. The van der Waals surface area contributed by atoms with Crippen molar-refractivity contribution in [1.82, 2.24) is 5.16 Å². The minimum atomic E-state index is 0.312. The first kappa shape index (κ1) is 9.86. The van der Waals surface area contributed by atoms with E-state index >= 15 is 0 Å². The fraction of sp³-hybridized carbons (Fsp3) is 0.100. The Bertz CT molecular complexity index is 482. The third-order valence-corrected chi connectivity index (χ3v) is 2.29. The van der Waals surface area contributed by atoms with E-state index in [4.69, 9.17) is 26.6 Å². The highest BCUT2D eigenvalue weighted by Gasteiger charge is 2.14. The number of nitrogens with two attached hydrogens (primary N) is 1. The lowest BCUT2D eigenvalue weighted by Gasteiger charge is -2.06. The van der Waals surface area contributed by atoms with Gasteiger partial charge in [-0.2, -0.15) is 0 Å². The molecular formula is C10H9ClN2O2. The number of hydrogen-bond donors (Lipinski definition) is 1. The molecule has 1 heterocycles. The van der Waals surface area contributed by atoms with Crippen LogP contribution in [0.25, 0.3) is 11.3 Å². The molecule has 1 aromatic carbocycles. The van der Waals surface area contributed by atoms with Crippen molar-refractivity contribution in [3.8, 4) is 17.1 Å². The van der Waals surface area contributed by atoms with E-state index in [0.717, 1.165) is 0 Å². The molecule has 0 unspecified atom stereocenters. The lowest BCUT2D eigenvalue weighted by Crippen LogP contribution is -1.87. The Balaban J connectivity index is 2.60. The molecule has 5 heteroatoms. The zero-order valence-electron chi connectivity index (χ0n) is 8.03. The summed E-state index contributed by atoms with van der Waals surface area (Å²) in [6.45, 7) is 0. The standard InChI is InChI=1S/C10H9ClN2O2/c1-14-7-4-2-3-6(11)10(7)8-5-9(12)13-15-8/h2-5H,1H3,(H2,12,13). The van der Waals surface area contributed by atoms with Gasteiger partial charge in [-0.05, 0) is 12.1 Å². The van der Waals surface area contributed by atoms with Crippen LogP contribution < -0.4 is 10.5 Å². The quantitative estimate of drug-likeness (QED) is 0.852. The Morgan fingerprint density at radius 1 is 1.47 bits per heavy atom. The van der Waals surface area contributed by atoms with Gasteiger partial charge in [0, 0.05) is 6.07 Å². The smallest absolute Gasteiger partial charge is 0.174 e. The van der Waals surface area contributed by atoms with Gasteiger partial charge >= 0.3 is 0 Å². The van der Waals surface area contributed by atoms with E-state index in [1.807, 2.05) is 0 Å². The molecule has 0 radical (unpaired) electrons. The Labute approximate surface area is 91.6 Å². The van der Waals surface area contributed by atoms with E-state index in [1.54, 1.807) is 31.4 Å². The first-order chi connectivity index (χ1) is 7.22. The van der Waals surface area contributed by atoms with Crippen LogP contribution in [0.3, 0.4) is 0 Å². The zero-order chi connectivity index (χ0) is 10.8. The van der Waals surface area contributed by atoms with Crippen LogP contribution in [0, 0.1) is 0 Å². The molecule has 2 rings (SSSR count). The van der Waals surface area contributed by atoms with Crippen LogP contribution in [-0.2, 0) is 0 Å². The number of aromatic nitrogens is 1. The van der Waals surface area contributed by atoms with Gasteiger partial charge in [0.1, 0.15) is 5.75 Å². The molecule has 0 aliphatic rings. The number of halogens is 1. The molecule has 15 heavy (non-hydrogen) atoms. The molecule has 0 amide bonds. The second-order valence-electron chi connectivity index (χ2n) is 2.93. The largest absolute Gasteiger partial charge is 0.496 e. The number of ether oxygens (including phenoxy) is 1. The van der Waals surface area contributed by atoms with Gasteiger partial charge in [0.2, 0.25) is 0 Å². The van der Waals surface area contributed by atoms with Crippen LogP contribution in [0.1, 0.15) is 0 Å². The SMILES string of the molecule is COc1cccc(Cl)c1-c1cc(N)no1. The van der Waals surface area contributed by atoms with Gasteiger partial charge in [-0.25, -0.2) is 0 Å². The van der Waals surface area contributed by atoms with Crippen LogP contribution >= 0.6 is 11.6 Å². The van der Waals surface area contributed by atoms with Gasteiger partial charge in [0.15, 0.2) is 11.6 Å². The molecule has 0 fully saturated rings. The first-order valence-electron chi connectivity index (χ1n) is 4.27. The van der Waals surface area contributed by atoms with Gasteiger partial charge < -0.3 is 15.0 Å². The van der Waals surface area contributed by atoms with Crippen molar-refractivity contribution >= 4 is 17.4 Å². The molecule has 0 aliphatic carbocycles. The van der Waals surface area contributed by atoms with E-state index < -0.39 is 0 Å². The summed E-state index contributed by atoms with van der Waals surface area (Å²) in [6.07, 6.45) is 0. The van der Waals surface area contributed by atoms with Gasteiger partial charge in [0.05, 0.1) is 17.7 Å². The predicted octanol–water partition coefficient (Wildman–Crippen LogP) is 2.59. The van der Waals surface area contributed by atoms with Crippen LogP contribution in [0.2, 0.25) is 5.02 Å². The van der Waals surface area contributed by atoms with E-state index in [0.29, 0.717) is 27.9 Å². The lowest BCUT2D eigenvalue weighted by atomic mass is 10.1. The number of methoxy groups -OCH3 is 1. The number of rotatable bonds is 2. The van der Waals surface area contributed by atoms with Crippen LogP contribution in [0.4, 0.5) is 5.82 Å². The molecule has 78 valence electrons. The number of anilines is 1. The maximum absolute atomic E-state index is 6.04. The summed E-state index contributed by atoms with van der Waals surface area (Å²) in [6, 6.07) is 6.94. The second-order valence-corrected chi connectivity index (χ2v) is 3.34. The average molecular weight is 225 g/mol. The summed E-state index contributed by atoms with van der Waals surface area (Å²) in [5.41, 5.74) is 6.13. The van der Waals surface area contributed by atoms with Crippen LogP contribution in [0.15, 0.2) is 28.8 Å². The van der Waals surface area contributed by atoms with Gasteiger partial charge in [-0.1, -0.05) is 22.8 Å². The lowest BCUT2D eigenvalue weighted by molar-refractivity contribution is 0.407. The topological polar surface area (TPSA) is 61.3 Å². The first-order valence-corrected chi connectivity index (χ1v) is 4.65. The second kappa shape index (κ2) is 3.82. The molecular weight excluding hydrogens is 216 g/mol. The number of benzene rings is 1. The van der Waals surface area contributed by atoms with Crippen molar-refractivity contribution in [2.24, 2.45) is 0 Å². The maximum atomic E-state index is 6.04. The molecule has 2 aromatic rings. The van der Waals surface area contributed by atoms with Crippen molar-refractivity contribution in [2.75, 3.05) is 12.8 Å². The molecule has 0 atom stereocenters. The number of hydrogen-bond acceptors (Lipinski definition) is 4. The molecule has 2 N–H and O–H groups in total. The van der Waals surface area contributed by atoms with Crippen molar-refractivity contribution in [2.45, 2.75) is 0 Å². The van der Waals surface area contributed by atoms with Gasteiger partial charge in [0.25, 0.3) is 0 Å². The van der Waals surface area contributed by atoms with Crippen LogP contribution in [0.5, 0.6) is 5.75 Å². The Morgan fingerprint density at radius 3 is 2.87 bits per heavy atom. The molecule has 0 saturated heterocycles. The molecule has 0 spiro atoms. The van der Waals surface area contributed by atoms with E-state index in [-0.39, 0.29) is 0 Å². The fourth-order valence-electron chi connectivity index (χ4n) is 1.32. The number of nitrogens with zero attached hydrogens (tertiary/aromatic N) is 1. The summed E-state index contributed by atoms with van der Waals surface area (Å²) in [7, 11) is 1.56. The van der Waals surface area contributed by atoms with Gasteiger partial charge in [-0.15, -0.1) is 0 Å². The summed E-state index contributed by atoms with van der Waals surface area (Å²) < 4.78 is 10.2. The summed E-state index contributed by atoms with van der Waals surface area (Å²) in [4.78, 5) is 0. The van der Waals surface area contributed by atoms with E-state index in [2.05, 4.69) is 5.16 Å². The summed E-state index contributed by atoms with van der Waals surface area (Å²) in [5.74, 6) is 1.43. The van der Waals surface area contributed by atoms with E-state index in [9.17, 15) is 0 Å². The third-order valence-electron chi connectivity index (χ3n) is 1.97. The minimum Gasteiger partial charge on any atom is -0.496 e. The fourth-order valence-corrected chi connectivity index (χ4v) is 1.58. The van der Waals surface area contributed by atoms with Crippen molar-refractivity contribution in [3.63, 3.8) is 0 Å². The molecule has 0 aliphatic heterocycles. The average Bonchev–Trinajstić information content (AvgIpc) is 2.64. The van der Waals surface area contributed by atoms with Crippen molar-refractivity contribution < 1.29 is 9.26 Å². The third kappa shape index (κ3) is 1.76. The molecule has 0 saturated carbocycles. The highest BCUT2D eigenvalue weighted by Crippen LogP contribution is 2.36. The molecule has 0 bridgehead atoms. The highest BCUT2D eigenvalue weighted by molar-refractivity contribution is 6.33. The minimum absolute atomic E-state index is 0.312. The Hall–Kier alpha value is -1.68. The zero-order valence-corrected chi connectivity index (χ0v) is 8.78. The summed E-state index contributed by atoms with van der Waals surface area (Å²) >= 11 is 6.04. The number of nitrogen functional groups attached to an aromatic ring is 1. The highest BCUT2D eigenvalue weighted by atomic mass is 35.5. The maximum Gasteiger partial charge on any atom is 0.174 e. The molecule has 1 aromatic heterocycles.